The second-order valence-corrected chi connectivity index (χ2v) is 3.90. The summed E-state index contributed by atoms with van der Waals surface area (Å²) in [6, 6.07) is 14.3. The summed E-state index contributed by atoms with van der Waals surface area (Å²) < 4.78 is 11.2. The molecule has 0 N–H and O–H groups in total. The third kappa shape index (κ3) is 3.04. The van der Waals surface area contributed by atoms with E-state index in [9.17, 15) is 5.21 Å². The molecule has 0 saturated carbocycles. The molecule has 2 rings (SSSR count). The molecule has 0 bridgehead atoms. The van der Waals surface area contributed by atoms with Crippen LogP contribution in [0.15, 0.2) is 48.5 Å². The van der Waals surface area contributed by atoms with Crippen LogP contribution in [0.4, 0.5) is 5.69 Å². The Labute approximate surface area is 112 Å². The first-order chi connectivity index (χ1) is 9.24. The van der Waals surface area contributed by atoms with Crippen LogP contribution in [-0.2, 0) is 0 Å². The average Bonchev–Trinajstić information content (AvgIpc) is 2.48. The third-order valence-corrected chi connectivity index (χ3v) is 2.70. The highest BCUT2D eigenvalue weighted by Crippen LogP contribution is 2.23. The van der Waals surface area contributed by atoms with Crippen LogP contribution >= 0.6 is 0 Å². The molecule has 4 nitrogen and oxygen atoms in total. The molecule has 0 fully saturated rings. The topological polar surface area (TPSA) is 44.5 Å². The monoisotopic (exact) mass is 257 g/mol. The van der Waals surface area contributed by atoms with E-state index in [1.54, 1.807) is 44.6 Å². The van der Waals surface area contributed by atoms with E-state index in [1.807, 2.05) is 18.2 Å². The summed E-state index contributed by atoms with van der Waals surface area (Å²) in [5.41, 5.74) is 1.23. The van der Waals surface area contributed by atoms with Crippen LogP contribution in [0.1, 0.15) is 5.56 Å². The Kier molecular flexibility index (Phi) is 4.03. The number of ether oxygens (including phenoxy) is 2. The summed E-state index contributed by atoms with van der Waals surface area (Å²) in [6.07, 6.45) is 1.47. The quantitative estimate of drug-likeness (QED) is 0.366. The molecule has 0 aliphatic carbocycles. The largest absolute Gasteiger partial charge is 0.618 e. The third-order valence-electron chi connectivity index (χ3n) is 2.70. The lowest BCUT2D eigenvalue weighted by atomic mass is 10.2. The number of rotatable bonds is 4. The Hall–Kier alpha value is -2.49. The number of benzene rings is 2. The molecule has 0 atom stereocenters. The first kappa shape index (κ1) is 13.0. The van der Waals surface area contributed by atoms with Gasteiger partial charge in [0.15, 0.2) is 6.21 Å². The highest BCUT2D eigenvalue weighted by Gasteiger charge is 2.07. The minimum absolute atomic E-state index is 0.562. The van der Waals surface area contributed by atoms with Crippen LogP contribution in [0.25, 0.3) is 0 Å². The van der Waals surface area contributed by atoms with Gasteiger partial charge in [-0.3, -0.25) is 0 Å². The summed E-state index contributed by atoms with van der Waals surface area (Å²) in [6.45, 7) is 0. The first-order valence-corrected chi connectivity index (χ1v) is 5.83. The highest BCUT2D eigenvalue weighted by molar-refractivity contribution is 5.81. The zero-order valence-electron chi connectivity index (χ0n) is 10.9. The zero-order chi connectivity index (χ0) is 13.7. The zero-order valence-corrected chi connectivity index (χ0v) is 10.9. The molecule has 4 heteroatoms. The van der Waals surface area contributed by atoms with Gasteiger partial charge in [0.1, 0.15) is 11.5 Å². The second kappa shape index (κ2) is 5.91. The van der Waals surface area contributed by atoms with E-state index in [0.29, 0.717) is 22.7 Å². The number of hydrogen-bond donors (Lipinski definition) is 0. The Morgan fingerprint density at radius 1 is 1.00 bits per heavy atom. The molecule has 0 saturated heterocycles. The van der Waals surface area contributed by atoms with E-state index in [-0.39, 0.29) is 0 Å². The molecule has 2 aromatic carbocycles. The molecule has 0 radical (unpaired) electrons. The van der Waals surface area contributed by atoms with Gasteiger partial charge in [-0.05, 0) is 18.2 Å². The van der Waals surface area contributed by atoms with Crippen molar-refractivity contribution in [1.82, 2.24) is 0 Å². The van der Waals surface area contributed by atoms with Crippen molar-refractivity contribution in [3.63, 3.8) is 0 Å². The van der Waals surface area contributed by atoms with Crippen LogP contribution in [0.3, 0.4) is 0 Å². The lowest BCUT2D eigenvalue weighted by molar-refractivity contribution is -0.354. The molecule has 0 unspecified atom stereocenters. The van der Waals surface area contributed by atoms with E-state index < -0.39 is 0 Å². The summed E-state index contributed by atoms with van der Waals surface area (Å²) in [5, 5.41) is 12.0. The van der Waals surface area contributed by atoms with E-state index >= 15 is 0 Å². The van der Waals surface area contributed by atoms with Crippen molar-refractivity contribution in [2.24, 2.45) is 0 Å². The van der Waals surface area contributed by atoms with Gasteiger partial charge in [-0.15, -0.1) is 0 Å². The number of hydrogen-bond acceptors (Lipinski definition) is 3. The van der Waals surface area contributed by atoms with E-state index in [1.165, 1.54) is 6.21 Å². The van der Waals surface area contributed by atoms with Gasteiger partial charge in [0, 0.05) is 12.1 Å². The highest BCUT2D eigenvalue weighted by atomic mass is 16.5. The molecular formula is C15H15NO3. The van der Waals surface area contributed by atoms with Crippen molar-refractivity contribution in [3.8, 4) is 11.5 Å². The maximum atomic E-state index is 12.0. The van der Waals surface area contributed by atoms with Crippen LogP contribution < -0.4 is 9.47 Å². The van der Waals surface area contributed by atoms with Crippen molar-refractivity contribution >= 4 is 11.9 Å². The van der Waals surface area contributed by atoms with Crippen molar-refractivity contribution in [3.05, 3.63) is 59.3 Å². The predicted octanol–water partition coefficient (Wildman–Crippen LogP) is 2.96. The van der Waals surface area contributed by atoms with Crippen LogP contribution in [0.5, 0.6) is 11.5 Å². The SMILES string of the molecule is COc1ccc(OC)c(/C=[N+](/[O-])c2ccccc2)c1. The molecule has 0 aromatic heterocycles. The van der Waals surface area contributed by atoms with Gasteiger partial charge in [0.25, 0.3) is 0 Å². The number of methoxy groups -OCH3 is 2. The van der Waals surface area contributed by atoms with Crippen LogP contribution in [-0.4, -0.2) is 25.2 Å². The predicted molar refractivity (Wildman–Crippen MR) is 74.4 cm³/mol. The lowest BCUT2D eigenvalue weighted by Crippen LogP contribution is -2.01. The molecule has 98 valence electrons. The smallest absolute Gasteiger partial charge is 0.216 e. The van der Waals surface area contributed by atoms with Gasteiger partial charge in [-0.25, -0.2) is 0 Å². The maximum absolute atomic E-state index is 12.0. The van der Waals surface area contributed by atoms with E-state index in [0.717, 1.165) is 4.74 Å². The lowest BCUT2D eigenvalue weighted by Gasteiger charge is -2.07. The van der Waals surface area contributed by atoms with Gasteiger partial charge in [0.2, 0.25) is 5.69 Å². The molecule has 0 heterocycles. The van der Waals surface area contributed by atoms with E-state index in [4.69, 9.17) is 9.47 Å². The second-order valence-electron chi connectivity index (χ2n) is 3.90. The van der Waals surface area contributed by atoms with Crippen molar-refractivity contribution in [1.29, 1.82) is 0 Å². The standard InChI is InChI=1S/C15H15NO3/c1-18-14-8-9-15(19-2)12(10-14)11-16(17)13-6-4-3-5-7-13/h3-11H,1-2H3/b16-11+. The molecular weight excluding hydrogens is 242 g/mol. The molecule has 0 amide bonds. The Balaban J connectivity index is 2.41. The van der Waals surface area contributed by atoms with Crippen LogP contribution in [0.2, 0.25) is 0 Å². The normalized spacial score (nSPS) is 11.2. The molecule has 2 aromatic rings. The molecule has 19 heavy (non-hydrogen) atoms. The number of para-hydroxylation sites is 1. The number of nitrogens with zero attached hydrogens (tertiary/aromatic N) is 1. The van der Waals surface area contributed by atoms with Gasteiger partial charge in [-0.1, -0.05) is 18.2 Å². The fourth-order valence-electron chi connectivity index (χ4n) is 1.72. The molecule has 0 spiro atoms. The van der Waals surface area contributed by atoms with Crippen LogP contribution in [0, 0.1) is 5.21 Å². The summed E-state index contributed by atoms with van der Waals surface area (Å²) in [4.78, 5) is 0. The maximum Gasteiger partial charge on any atom is 0.216 e. The Bertz CT molecular complexity index is 579. The minimum Gasteiger partial charge on any atom is -0.618 e. The summed E-state index contributed by atoms with van der Waals surface area (Å²) in [7, 11) is 3.15. The minimum atomic E-state index is 0.562. The molecule has 0 aliphatic heterocycles. The fraction of sp³-hybridized carbons (Fsp3) is 0.133. The Morgan fingerprint density at radius 3 is 2.37 bits per heavy atom. The summed E-state index contributed by atoms with van der Waals surface area (Å²) in [5.74, 6) is 1.30. The first-order valence-electron chi connectivity index (χ1n) is 5.83. The van der Waals surface area contributed by atoms with Crippen molar-refractivity contribution < 1.29 is 14.2 Å². The van der Waals surface area contributed by atoms with Crippen molar-refractivity contribution in [2.45, 2.75) is 0 Å². The van der Waals surface area contributed by atoms with E-state index in [2.05, 4.69) is 0 Å². The average molecular weight is 257 g/mol. The Morgan fingerprint density at radius 2 is 1.74 bits per heavy atom. The van der Waals surface area contributed by atoms with Gasteiger partial charge in [-0.2, -0.15) is 4.74 Å². The van der Waals surface area contributed by atoms with Gasteiger partial charge in [0.05, 0.1) is 19.8 Å². The fourth-order valence-corrected chi connectivity index (χ4v) is 1.72. The van der Waals surface area contributed by atoms with Gasteiger partial charge < -0.3 is 14.7 Å². The van der Waals surface area contributed by atoms with Gasteiger partial charge >= 0.3 is 0 Å². The molecule has 0 aliphatic rings. The summed E-state index contributed by atoms with van der Waals surface area (Å²) >= 11 is 0. The van der Waals surface area contributed by atoms with Crippen molar-refractivity contribution in [2.75, 3.05) is 14.2 Å².